The minimum Gasteiger partial charge on any atom is -0.504 e. The van der Waals surface area contributed by atoms with E-state index in [1.54, 1.807) is 12.1 Å². The Morgan fingerprint density at radius 3 is 2.62 bits per heavy atom. The maximum atomic E-state index is 14.1. The second kappa shape index (κ2) is 6.93. The quantitative estimate of drug-likeness (QED) is 0.491. The second-order valence-electron chi connectivity index (χ2n) is 5.31. The van der Waals surface area contributed by atoms with Crippen LogP contribution >= 0.6 is 12.2 Å². The minimum atomic E-state index is -0.800. The Hall–Kier alpha value is -3.26. The Morgan fingerprint density at radius 2 is 1.92 bits per heavy atom. The molecule has 26 heavy (non-hydrogen) atoms. The zero-order valence-corrected chi connectivity index (χ0v) is 14.3. The lowest BCUT2D eigenvalue weighted by Crippen LogP contribution is -2.54. The molecule has 6 nitrogen and oxygen atoms in total. The molecule has 0 aromatic heterocycles. The highest BCUT2D eigenvalue weighted by Crippen LogP contribution is 2.32. The van der Waals surface area contributed by atoms with Crippen LogP contribution in [-0.2, 0) is 9.59 Å². The minimum absolute atomic E-state index is 0.0803. The lowest BCUT2D eigenvalue weighted by atomic mass is 10.1. The van der Waals surface area contributed by atoms with Gasteiger partial charge in [-0.3, -0.25) is 14.9 Å². The summed E-state index contributed by atoms with van der Waals surface area (Å²) in [5.41, 5.74) is -0.183. The molecule has 2 N–H and O–H groups in total. The number of hydrogen-bond acceptors (Lipinski definition) is 5. The first kappa shape index (κ1) is 17.6. The number of thiocarbonyl (C=S) groups is 1. The maximum absolute atomic E-state index is 14.1. The normalized spacial score (nSPS) is 16.0. The number of aromatic hydroxyl groups is 1. The van der Waals surface area contributed by atoms with Crippen molar-refractivity contribution in [2.45, 2.75) is 0 Å². The molecule has 0 aliphatic carbocycles. The van der Waals surface area contributed by atoms with Gasteiger partial charge in [0.15, 0.2) is 16.6 Å². The number of halogens is 1. The standard InChI is InChI=1S/C18H13FN2O4S/c1-25-14-8-4-5-10(15(14)22)9-11-16(23)20-18(26)21(17(11)24)13-7-3-2-6-12(13)19/h2-9,22H,1H3,(H,20,23,26)/b11-9-. The van der Waals surface area contributed by atoms with Crippen LogP contribution in [0.2, 0.25) is 0 Å². The summed E-state index contributed by atoms with van der Waals surface area (Å²) in [6.45, 7) is 0. The van der Waals surface area contributed by atoms with E-state index in [-0.39, 0.29) is 33.4 Å². The van der Waals surface area contributed by atoms with Gasteiger partial charge in [0.2, 0.25) is 0 Å². The Balaban J connectivity index is 2.08. The molecule has 0 bridgehead atoms. The van der Waals surface area contributed by atoms with Crippen LogP contribution in [0, 0.1) is 5.82 Å². The number of para-hydroxylation sites is 2. The van der Waals surface area contributed by atoms with E-state index >= 15 is 0 Å². The number of hydrogen-bond donors (Lipinski definition) is 2. The third-order valence-electron chi connectivity index (χ3n) is 3.74. The van der Waals surface area contributed by atoms with Crippen LogP contribution in [0.1, 0.15) is 5.56 Å². The van der Waals surface area contributed by atoms with Gasteiger partial charge in [-0.25, -0.2) is 9.29 Å². The van der Waals surface area contributed by atoms with Gasteiger partial charge in [0.1, 0.15) is 11.4 Å². The van der Waals surface area contributed by atoms with Crippen molar-refractivity contribution in [1.82, 2.24) is 5.32 Å². The van der Waals surface area contributed by atoms with Crippen LogP contribution in [0.25, 0.3) is 6.08 Å². The molecule has 0 atom stereocenters. The van der Waals surface area contributed by atoms with Crippen LogP contribution in [-0.4, -0.2) is 29.1 Å². The average Bonchev–Trinajstić information content (AvgIpc) is 2.61. The average molecular weight is 372 g/mol. The summed E-state index contributed by atoms with van der Waals surface area (Å²) in [5, 5.41) is 12.3. The molecule has 8 heteroatoms. The number of phenolic OH excluding ortho intramolecular Hbond substituents is 1. The predicted octanol–water partition coefficient (Wildman–Crippen LogP) is 2.37. The van der Waals surface area contributed by atoms with E-state index in [1.807, 2.05) is 0 Å². The van der Waals surface area contributed by atoms with Gasteiger partial charge >= 0.3 is 0 Å². The number of rotatable bonds is 3. The Bertz CT molecular complexity index is 958. The highest BCUT2D eigenvalue weighted by atomic mass is 32.1. The SMILES string of the molecule is COc1cccc(/C=C2/C(=O)NC(=S)N(c3ccccc3F)C2=O)c1O. The van der Waals surface area contributed by atoms with E-state index in [0.29, 0.717) is 0 Å². The number of ether oxygens (including phenoxy) is 1. The molecule has 0 saturated carbocycles. The van der Waals surface area contributed by atoms with Gasteiger partial charge < -0.3 is 9.84 Å². The number of benzene rings is 2. The van der Waals surface area contributed by atoms with E-state index in [1.165, 1.54) is 43.5 Å². The molecule has 3 rings (SSSR count). The number of methoxy groups -OCH3 is 1. The summed E-state index contributed by atoms with van der Waals surface area (Å²) in [4.78, 5) is 25.9. The molecule has 0 radical (unpaired) electrons. The number of carbonyl (C=O) groups excluding carboxylic acids is 2. The van der Waals surface area contributed by atoms with Gasteiger partial charge in [-0.2, -0.15) is 0 Å². The summed E-state index contributed by atoms with van der Waals surface area (Å²) < 4.78 is 19.1. The molecule has 0 spiro atoms. The number of amides is 2. The maximum Gasteiger partial charge on any atom is 0.270 e. The molecule has 1 aliphatic heterocycles. The number of anilines is 1. The zero-order chi connectivity index (χ0) is 18.8. The van der Waals surface area contributed by atoms with E-state index < -0.39 is 17.6 Å². The second-order valence-corrected chi connectivity index (χ2v) is 5.69. The van der Waals surface area contributed by atoms with E-state index in [0.717, 1.165) is 4.90 Å². The fourth-order valence-corrected chi connectivity index (χ4v) is 2.76. The van der Waals surface area contributed by atoms with Crippen LogP contribution in [0.5, 0.6) is 11.5 Å². The summed E-state index contributed by atoms with van der Waals surface area (Å²) in [7, 11) is 1.38. The van der Waals surface area contributed by atoms with Gasteiger partial charge in [0.25, 0.3) is 11.8 Å². The molecular weight excluding hydrogens is 359 g/mol. The van der Waals surface area contributed by atoms with Gasteiger partial charge in [0, 0.05) is 5.56 Å². The summed E-state index contributed by atoms with van der Waals surface area (Å²) in [6, 6.07) is 10.2. The van der Waals surface area contributed by atoms with Gasteiger partial charge in [-0.15, -0.1) is 0 Å². The van der Waals surface area contributed by atoms with Crippen molar-refractivity contribution in [1.29, 1.82) is 0 Å². The molecule has 2 aromatic carbocycles. The molecule has 1 saturated heterocycles. The smallest absolute Gasteiger partial charge is 0.270 e. The number of nitrogens with zero attached hydrogens (tertiary/aromatic N) is 1. The van der Waals surface area contributed by atoms with Gasteiger partial charge in [0.05, 0.1) is 12.8 Å². The number of phenols is 1. The predicted molar refractivity (Wildman–Crippen MR) is 97.3 cm³/mol. The van der Waals surface area contributed by atoms with Crippen molar-refractivity contribution in [3.63, 3.8) is 0 Å². The van der Waals surface area contributed by atoms with Crippen molar-refractivity contribution in [3.05, 3.63) is 59.4 Å². The van der Waals surface area contributed by atoms with Crippen LogP contribution < -0.4 is 15.0 Å². The number of carbonyl (C=O) groups is 2. The summed E-state index contributed by atoms with van der Waals surface area (Å²) in [6.07, 6.45) is 1.20. The van der Waals surface area contributed by atoms with Gasteiger partial charge in [-0.1, -0.05) is 24.3 Å². The van der Waals surface area contributed by atoms with Crippen molar-refractivity contribution in [2.75, 3.05) is 12.0 Å². The topological polar surface area (TPSA) is 78.9 Å². The molecular formula is C18H13FN2O4S. The molecule has 2 aromatic rings. The van der Waals surface area contributed by atoms with E-state index in [4.69, 9.17) is 17.0 Å². The molecule has 0 unspecified atom stereocenters. The van der Waals surface area contributed by atoms with E-state index in [9.17, 15) is 19.1 Å². The molecule has 132 valence electrons. The fourth-order valence-electron chi connectivity index (χ4n) is 2.49. The summed E-state index contributed by atoms with van der Waals surface area (Å²) in [5.74, 6) is -2.25. The lowest BCUT2D eigenvalue weighted by Gasteiger charge is -2.29. The molecule has 1 heterocycles. The van der Waals surface area contributed by atoms with Gasteiger partial charge in [-0.05, 0) is 36.5 Å². The molecule has 1 aliphatic rings. The Kier molecular flexibility index (Phi) is 4.68. The lowest BCUT2D eigenvalue weighted by molar-refractivity contribution is -0.122. The first-order chi connectivity index (χ1) is 12.4. The first-order valence-electron chi connectivity index (χ1n) is 7.46. The van der Waals surface area contributed by atoms with Crippen molar-refractivity contribution in [2.24, 2.45) is 0 Å². The van der Waals surface area contributed by atoms with Crippen molar-refractivity contribution < 1.29 is 23.8 Å². The van der Waals surface area contributed by atoms with Crippen LogP contribution in [0.15, 0.2) is 48.0 Å². The summed E-state index contributed by atoms with van der Waals surface area (Å²) >= 11 is 5.02. The first-order valence-corrected chi connectivity index (χ1v) is 7.87. The monoisotopic (exact) mass is 372 g/mol. The van der Waals surface area contributed by atoms with Crippen LogP contribution in [0.4, 0.5) is 10.1 Å². The number of nitrogens with one attached hydrogen (secondary N) is 1. The third kappa shape index (κ3) is 3.02. The fraction of sp³-hybridized carbons (Fsp3) is 0.0556. The highest BCUT2D eigenvalue weighted by molar-refractivity contribution is 7.80. The van der Waals surface area contributed by atoms with Crippen molar-refractivity contribution in [3.8, 4) is 11.5 Å². The highest BCUT2D eigenvalue weighted by Gasteiger charge is 2.35. The van der Waals surface area contributed by atoms with E-state index in [2.05, 4.69) is 5.32 Å². The molecule has 1 fully saturated rings. The van der Waals surface area contributed by atoms with Crippen molar-refractivity contribution >= 4 is 40.9 Å². The van der Waals surface area contributed by atoms with Crippen LogP contribution in [0.3, 0.4) is 0 Å². The Morgan fingerprint density at radius 1 is 1.19 bits per heavy atom. The zero-order valence-electron chi connectivity index (χ0n) is 13.5. The third-order valence-corrected chi connectivity index (χ3v) is 4.03. The largest absolute Gasteiger partial charge is 0.504 e. The Labute approximate surface area is 153 Å². The molecule has 2 amide bonds.